The Hall–Kier alpha value is -1.02. The maximum absolute atomic E-state index is 5.93. The Morgan fingerprint density at radius 2 is 2.00 bits per heavy atom. The Bertz CT molecular complexity index is 345. The van der Waals surface area contributed by atoms with Crippen LogP contribution in [-0.2, 0) is 4.74 Å². The van der Waals surface area contributed by atoms with Gasteiger partial charge in [-0.15, -0.1) is 0 Å². The fourth-order valence-corrected chi connectivity index (χ4v) is 2.84. The number of anilines is 1. The molecule has 1 aliphatic carbocycles. The van der Waals surface area contributed by atoms with Gasteiger partial charge in [-0.1, -0.05) is 18.2 Å². The fraction of sp³-hybridized carbons (Fsp3) is 0.571. The van der Waals surface area contributed by atoms with Crippen LogP contribution in [0.25, 0.3) is 0 Å². The molecule has 1 N–H and O–H groups in total. The molecule has 2 heteroatoms. The Morgan fingerprint density at radius 1 is 1.19 bits per heavy atom. The molecule has 1 aromatic carbocycles. The van der Waals surface area contributed by atoms with Crippen LogP contribution in [0.15, 0.2) is 30.3 Å². The molecule has 1 atom stereocenters. The number of benzene rings is 1. The normalized spacial score (nSPS) is 27.4. The van der Waals surface area contributed by atoms with E-state index in [0.717, 1.165) is 13.0 Å². The van der Waals surface area contributed by atoms with E-state index in [1.54, 1.807) is 0 Å². The van der Waals surface area contributed by atoms with Crippen LogP contribution in [0.4, 0.5) is 5.69 Å². The van der Waals surface area contributed by atoms with E-state index in [4.69, 9.17) is 4.74 Å². The first-order chi connectivity index (χ1) is 7.86. The summed E-state index contributed by atoms with van der Waals surface area (Å²) < 4.78 is 5.93. The number of hydrogen-bond acceptors (Lipinski definition) is 2. The molecule has 0 radical (unpaired) electrons. The third-order valence-electron chi connectivity index (χ3n) is 3.90. The second-order valence-corrected chi connectivity index (χ2v) is 5.09. The van der Waals surface area contributed by atoms with Crippen molar-refractivity contribution in [2.45, 2.75) is 43.7 Å². The van der Waals surface area contributed by atoms with E-state index < -0.39 is 0 Å². The standard InChI is InChI=1S/C14H19NO/c1-2-5-12(6-3-1)15-13-7-10-16-14(11-13)8-4-9-14/h1-3,5-6,13,15H,4,7-11H2. The van der Waals surface area contributed by atoms with Crippen LogP contribution in [0.1, 0.15) is 32.1 Å². The summed E-state index contributed by atoms with van der Waals surface area (Å²) in [5.74, 6) is 0. The van der Waals surface area contributed by atoms with Gasteiger partial charge in [0.15, 0.2) is 0 Å². The van der Waals surface area contributed by atoms with Crippen LogP contribution in [0, 0.1) is 0 Å². The molecule has 1 unspecified atom stereocenters. The fourth-order valence-electron chi connectivity index (χ4n) is 2.84. The van der Waals surface area contributed by atoms with Gasteiger partial charge in [0.2, 0.25) is 0 Å². The van der Waals surface area contributed by atoms with Crippen molar-refractivity contribution in [3.63, 3.8) is 0 Å². The molecule has 2 aliphatic rings. The van der Waals surface area contributed by atoms with Crippen molar-refractivity contribution < 1.29 is 4.74 Å². The lowest BCUT2D eigenvalue weighted by molar-refractivity contribution is -0.130. The highest BCUT2D eigenvalue weighted by Gasteiger charge is 2.42. The zero-order chi connectivity index (χ0) is 10.8. The Labute approximate surface area is 97.0 Å². The van der Waals surface area contributed by atoms with Gasteiger partial charge in [-0.3, -0.25) is 0 Å². The van der Waals surface area contributed by atoms with Gasteiger partial charge in [0.1, 0.15) is 0 Å². The summed E-state index contributed by atoms with van der Waals surface area (Å²) in [6, 6.07) is 11.1. The van der Waals surface area contributed by atoms with Gasteiger partial charge in [-0.25, -0.2) is 0 Å². The van der Waals surface area contributed by atoms with E-state index in [9.17, 15) is 0 Å². The average Bonchev–Trinajstić information content (AvgIpc) is 2.29. The number of hydrogen-bond donors (Lipinski definition) is 1. The van der Waals surface area contributed by atoms with Gasteiger partial charge in [0.05, 0.1) is 5.60 Å². The Kier molecular flexibility index (Phi) is 2.60. The molecule has 1 aromatic rings. The minimum absolute atomic E-state index is 0.241. The average molecular weight is 217 g/mol. The predicted molar refractivity (Wildman–Crippen MR) is 65.6 cm³/mol. The first-order valence-electron chi connectivity index (χ1n) is 6.32. The van der Waals surface area contributed by atoms with Gasteiger partial charge in [0, 0.05) is 18.3 Å². The second-order valence-electron chi connectivity index (χ2n) is 5.09. The maximum Gasteiger partial charge on any atom is 0.0702 e. The van der Waals surface area contributed by atoms with E-state index in [2.05, 4.69) is 35.6 Å². The SMILES string of the molecule is c1ccc(NC2CCOC3(CCC3)C2)cc1. The zero-order valence-corrected chi connectivity index (χ0v) is 9.61. The molecule has 1 spiro atoms. The molecule has 86 valence electrons. The van der Waals surface area contributed by atoms with Crippen molar-refractivity contribution in [2.75, 3.05) is 11.9 Å². The first kappa shape index (κ1) is 10.2. The summed E-state index contributed by atoms with van der Waals surface area (Å²) in [4.78, 5) is 0. The van der Waals surface area contributed by atoms with Gasteiger partial charge < -0.3 is 10.1 Å². The molecule has 1 saturated heterocycles. The smallest absolute Gasteiger partial charge is 0.0702 e. The number of nitrogens with one attached hydrogen (secondary N) is 1. The lowest BCUT2D eigenvalue weighted by atomic mass is 9.74. The van der Waals surface area contributed by atoms with Crippen molar-refractivity contribution in [3.05, 3.63) is 30.3 Å². The minimum atomic E-state index is 0.241. The molecule has 1 heterocycles. The molecular formula is C14H19NO. The van der Waals surface area contributed by atoms with Gasteiger partial charge in [0.25, 0.3) is 0 Å². The van der Waals surface area contributed by atoms with Gasteiger partial charge in [-0.05, 0) is 44.2 Å². The van der Waals surface area contributed by atoms with E-state index in [-0.39, 0.29) is 5.60 Å². The quantitative estimate of drug-likeness (QED) is 0.821. The highest BCUT2D eigenvalue weighted by molar-refractivity contribution is 5.43. The zero-order valence-electron chi connectivity index (χ0n) is 9.61. The summed E-state index contributed by atoms with van der Waals surface area (Å²) >= 11 is 0. The highest BCUT2D eigenvalue weighted by Crippen LogP contribution is 2.42. The summed E-state index contributed by atoms with van der Waals surface area (Å²) in [5.41, 5.74) is 1.48. The van der Waals surface area contributed by atoms with E-state index in [1.165, 1.54) is 31.4 Å². The van der Waals surface area contributed by atoms with Crippen molar-refractivity contribution in [2.24, 2.45) is 0 Å². The molecule has 3 rings (SSSR count). The molecule has 0 aromatic heterocycles. The Morgan fingerprint density at radius 3 is 2.69 bits per heavy atom. The summed E-state index contributed by atoms with van der Waals surface area (Å²) in [6.07, 6.45) is 6.19. The lowest BCUT2D eigenvalue weighted by Crippen LogP contribution is -2.48. The van der Waals surface area contributed by atoms with Crippen molar-refractivity contribution >= 4 is 5.69 Å². The third-order valence-corrected chi connectivity index (χ3v) is 3.90. The maximum atomic E-state index is 5.93. The first-order valence-corrected chi connectivity index (χ1v) is 6.32. The molecule has 0 amide bonds. The molecule has 1 aliphatic heterocycles. The molecule has 16 heavy (non-hydrogen) atoms. The molecule has 2 nitrogen and oxygen atoms in total. The van der Waals surface area contributed by atoms with Crippen molar-refractivity contribution in [1.29, 1.82) is 0 Å². The molecule has 1 saturated carbocycles. The number of rotatable bonds is 2. The molecule has 2 fully saturated rings. The summed E-state index contributed by atoms with van der Waals surface area (Å²) in [5, 5.41) is 3.62. The van der Waals surface area contributed by atoms with Gasteiger partial charge >= 0.3 is 0 Å². The summed E-state index contributed by atoms with van der Waals surface area (Å²) in [6.45, 7) is 0.921. The van der Waals surface area contributed by atoms with Crippen molar-refractivity contribution in [1.82, 2.24) is 0 Å². The van der Waals surface area contributed by atoms with E-state index in [1.807, 2.05) is 0 Å². The monoisotopic (exact) mass is 217 g/mol. The Balaban J connectivity index is 1.63. The highest BCUT2D eigenvalue weighted by atomic mass is 16.5. The molecule has 0 bridgehead atoms. The topological polar surface area (TPSA) is 21.3 Å². The molecular weight excluding hydrogens is 198 g/mol. The van der Waals surface area contributed by atoms with E-state index in [0.29, 0.717) is 6.04 Å². The summed E-state index contributed by atoms with van der Waals surface area (Å²) in [7, 11) is 0. The van der Waals surface area contributed by atoms with Crippen molar-refractivity contribution in [3.8, 4) is 0 Å². The van der Waals surface area contributed by atoms with Crippen LogP contribution in [0.3, 0.4) is 0 Å². The van der Waals surface area contributed by atoms with Gasteiger partial charge in [-0.2, -0.15) is 0 Å². The second kappa shape index (κ2) is 4.10. The predicted octanol–water partition coefficient (Wildman–Crippen LogP) is 3.20. The minimum Gasteiger partial charge on any atom is -0.382 e. The number of ether oxygens (including phenoxy) is 1. The van der Waals surface area contributed by atoms with Crippen LogP contribution < -0.4 is 5.32 Å². The van der Waals surface area contributed by atoms with Crippen LogP contribution in [0.2, 0.25) is 0 Å². The lowest BCUT2D eigenvalue weighted by Gasteiger charge is -2.47. The third kappa shape index (κ3) is 1.94. The van der Waals surface area contributed by atoms with E-state index >= 15 is 0 Å². The largest absolute Gasteiger partial charge is 0.382 e. The number of para-hydroxylation sites is 1. The van der Waals surface area contributed by atoms with Crippen LogP contribution in [0.5, 0.6) is 0 Å². The van der Waals surface area contributed by atoms with Crippen LogP contribution >= 0.6 is 0 Å². The van der Waals surface area contributed by atoms with Crippen LogP contribution in [-0.4, -0.2) is 18.2 Å².